The van der Waals surface area contributed by atoms with Crippen molar-refractivity contribution < 1.29 is 22.3 Å². The normalized spacial score (nSPS) is 20.8. The maximum Gasteiger partial charge on any atom is 0.387 e. The standard InChI is InChI=1S/C21H28F4O/c1-2-3-4-5-6-15-7-9-16(10-8-15)11-12-17-13-18(22)20(19(23)14-17)26-21(24)25/h3-4,13-16,21H,2,5-12H2,1H3. The van der Waals surface area contributed by atoms with Gasteiger partial charge in [0.2, 0.25) is 0 Å². The number of halogens is 4. The van der Waals surface area contributed by atoms with Gasteiger partial charge in [0.15, 0.2) is 17.4 Å². The fourth-order valence-corrected chi connectivity index (χ4v) is 3.75. The molecule has 1 nitrogen and oxygen atoms in total. The van der Waals surface area contributed by atoms with Gasteiger partial charge in [0, 0.05) is 0 Å². The Balaban J connectivity index is 1.77. The molecule has 1 saturated carbocycles. The van der Waals surface area contributed by atoms with Gasteiger partial charge in [0.1, 0.15) is 0 Å². The Hall–Kier alpha value is -1.52. The van der Waals surface area contributed by atoms with Gasteiger partial charge in [-0.15, -0.1) is 0 Å². The molecule has 0 unspecified atom stereocenters. The SMILES string of the molecule is CCC=CCCC1CCC(CCc2cc(F)c(OC(F)F)c(F)c2)CC1. The summed E-state index contributed by atoms with van der Waals surface area (Å²) in [4.78, 5) is 0. The number of alkyl halides is 2. The molecule has 1 aromatic carbocycles. The Morgan fingerprint density at radius 1 is 1.00 bits per heavy atom. The highest BCUT2D eigenvalue weighted by atomic mass is 19.3. The molecule has 0 bridgehead atoms. The van der Waals surface area contributed by atoms with Crippen LogP contribution in [-0.2, 0) is 6.42 Å². The highest BCUT2D eigenvalue weighted by molar-refractivity contribution is 5.31. The number of rotatable bonds is 9. The number of ether oxygens (including phenoxy) is 1. The third-order valence-corrected chi connectivity index (χ3v) is 5.22. The quantitative estimate of drug-likeness (QED) is 0.333. The Labute approximate surface area is 153 Å². The van der Waals surface area contributed by atoms with Crippen molar-refractivity contribution in [2.45, 2.75) is 71.3 Å². The van der Waals surface area contributed by atoms with E-state index in [4.69, 9.17) is 0 Å². The first kappa shape index (κ1) is 20.8. The third-order valence-electron chi connectivity index (χ3n) is 5.22. The molecule has 0 N–H and O–H groups in total. The monoisotopic (exact) mass is 372 g/mol. The van der Waals surface area contributed by atoms with E-state index < -0.39 is 24.0 Å². The Morgan fingerprint density at radius 2 is 1.58 bits per heavy atom. The van der Waals surface area contributed by atoms with Gasteiger partial charge in [-0.1, -0.05) is 44.8 Å². The number of hydrogen-bond donors (Lipinski definition) is 0. The molecule has 0 radical (unpaired) electrons. The van der Waals surface area contributed by atoms with Crippen LogP contribution in [0.5, 0.6) is 5.75 Å². The molecule has 1 aliphatic rings. The summed E-state index contributed by atoms with van der Waals surface area (Å²) in [6.07, 6.45) is 14.1. The number of benzene rings is 1. The van der Waals surface area contributed by atoms with E-state index in [0.717, 1.165) is 50.2 Å². The van der Waals surface area contributed by atoms with Crippen LogP contribution < -0.4 is 4.74 Å². The second kappa shape index (κ2) is 10.6. The lowest BCUT2D eigenvalue weighted by Gasteiger charge is -2.28. The summed E-state index contributed by atoms with van der Waals surface area (Å²) in [5.41, 5.74) is 0.494. The summed E-state index contributed by atoms with van der Waals surface area (Å²) in [5.74, 6) is -1.77. The van der Waals surface area contributed by atoms with Gasteiger partial charge < -0.3 is 4.74 Å². The van der Waals surface area contributed by atoms with Crippen LogP contribution in [0.4, 0.5) is 17.6 Å². The van der Waals surface area contributed by atoms with Crippen molar-refractivity contribution in [2.75, 3.05) is 0 Å². The molecule has 0 atom stereocenters. The highest BCUT2D eigenvalue weighted by Gasteiger charge is 2.21. The second-order valence-electron chi connectivity index (χ2n) is 7.15. The van der Waals surface area contributed by atoms with Gasteiger partial charge in [0.25, 0.3) is 0 Å². The molecule has 0 spiro atoms. The Bertz CT molecular complexity index is 554. The molecule has 5 heteroatoms. The first-order chi connectivity index (χ1) is 12.5. The van der Waals surface area contributed by atoms with Gasteiger partial charge in [-0.3, -0.25) is 0 Å². The molecule has 0 saturated heterocycles. The van der Waals surface area contributed by atoms with Crippen LogP contribution in [0.25, 0.3) is 0 Å². The van der Waals surface area contributed by atoms with Crippen molar-refractivity contribution in [1.82, 2.24) is 0 Å². The fraction of sp³-hybridized carbons (Fsp3) is 0.619. The summed E-state index contributed by atoms with van der Waals surface area (Å²) >= 11 is 0. The molecule has 1 aliphatic carbocycles. The second-order valence-corrected chi connectivity index (χ2v) is 7.15. The van der Waals surface area contributed by atoms with Crippen LogP contribution in [0, 0.1) is 23.5 Å². The lowest BCUT2D eigenvalue weighted by molar-refractivity contribution is -0.0546. The predicted molar refractivity (Wildman–Crippen MR) is 95.4 cm³/mol. The van der Waals surface area contributed by atoms with E-state index in [-0.39, 0.29) is 0 Å². The van der Waals surface area contributed by atoms with Crippen LogP contribution in [0.2, 0.25) is 0 Å². The molecule has 0 amide bonds. The van der Waals surface area contributed by atoms with Crippen LogP contribution in [0.15, 0.2) is 24.3 Å². The fourth-order valence-electron chi connectivity index (χ4n) is 3.75. The van der Waals surface area contributed by atoms with E-state index in [0.29, 0.717) is 17.9 Å². The number of hydrogen-bond acceptors (Lipinski definition) is 1. The summed E-state index contributed by atoms with van der Waals surface area (Å²) in [5, 5.41) is 0. The van der Waals surface area contributed by atoms with Crippen LogP contribution in [0.3, 0.4) is 0 Å². The smallest absolute Gasteiger partial charge is 0.387 e. The van der Waals surface area contributed by atoms with Crippen LogP contribution in [0.1, 0.15) is 63.9 Å². The number of allylic oxidation sites excluding steroid dienone is 2. The molecular formula is C21H28F4O. The maximum atomic E-state index is 13.8. The van der Waals surface area contributed by atoms with Gasteiger partial charge in [-0.05, 0) is 61.6 Å². The Morgan fingerprint density at radius 3 is 2.12 bits per heavy atom. The van der Waals surface area contributed by atoms with E-state index in [2.05, 4.69) is 23.8 Å². The molecule has 146 valence electrons. The maximum absolute atomic E-state index is 13.8. The van der Waals surface area contributed by atoms with Gasteiger partial charge in [0.05, 0.1) is 0 Å². The average molecular weight is 372 g/mol. The zero-order chi connectivity index (χ0) is 18.9. The Kier molecular flexibility index (Phi) is 8.46. The van der Waals surface area contributed by atoms with Crippen LogP contribution in [-0.4, -0.2) is 6.61 Å². The predicted octanol–water partition coefficient (Wildman–Crippen LogP) is 7.05. The molecule has 0 aromatic heterocycles. The zero-order valence-corrected chi connectivity index (χ0v) is 15.3. The largest absolute Gasteiger partial charge is 0.429 e. The van der Waals surface area contributed by atoms with Crippen molar-refractivity contribution in [2.24, 2.45) is 11.8 Å². The molecule has 0 heterocycles. The summed E-state index contributed by atoms with van der Waals surface area (Å²) in [6.45, 7) is -1.10. The van der Waals surface area contributed by atoms with Crippen molar-refractivity contribution in [3.05, 3.63) is 41.5 Å². The topological polar surface area (TPSA) is 9.23 Å². The van der Waals surface area contributed by atoms with E-state index >= 15 is 0 Å². The van der Waals surface area contributed by atoms with Crippen LogP contribution >= 0.6 is 0 Å². The minimum Gasteiger partial charge on any atom is -0.429 e. The first-order valence-electron chi connectivity index (χ1n) is 9.57. The minimum atomic E-state index is -3.24. The van der Waals surface area contributed by atoms with Gasteiger partial charge in [-0.25, -0.2) is 8.78 Å². The third kappa shape index (κ3) is 6.65. The van der Waals surface area contributed by atoms with Gasteiger partial charge in [-0.2, -0.15) is 8.78 Å². The summed E-state index contributed by atoms with van der Waals surface area (Å²) < 4.78 is 55.7. The van der Waals surface area contributed by atoms with Crippen molar-refractivity contribution in [1.29, 1.82) is 0 Å². The van der Waals surface area contributed by atoms with E-state index in [1.54, 1.807) is 0 Å². The molecule has 2 rings (SSSR count). The van der Waals surface area contributed by atoms with Crippen molar-refractivity contribution in [3.63, 3.8) is 0 Å². The molecule has 26 heavy (non-hydrogen) atoms. The molecular weight excluding hydrogens is 344 g/mol. The van der Waals surface area contributed by atoms with Crippen molar-refractivity contribution in [3.8, 4) is 5.75 Å². The average Bonchev–Trinajstić information content (AvgIpc) is 2.61. The lowest BCUT2D eigenvalue weighted by Crippen LogP contribution is -2.15. The zero-order valence-electron chi connectivity index (χ0n) is 15.3. The summed E-state index contributed by atoms with van der Waals surface area (Å²) in [7, 11) is 0. The number of aryl methyl sites for hydroxylation is 1. The molecule has 1 aromatic rings. The molecule has 1 fully saturated rings. The molecule has 0 aliphatic heterocycles. The summed E-state index contributed by atoms with van der Waals surface area (Å²) in [6, 6.07) is 2.21. The minimum absolute atomic E-state index is 0.494. The highest BCUT2D eigenvalue weighted by Crippen LogP contribution is 2.34. The van der Waals surface area contributed by atoms with E-state index in [1.807, 2.05) is 0 Å². The van der Waals surface area contributed by atoms with Gasteiger partial charge >= 0.3 is 6.61 Å². The van der Waals surface area contributed by atoms with Crippen molar-refractivity contribution >= 4 is 0 Å². The lowest BCUT2D eigenvalue weighted by atomic mass is 9.78. The first-order valence-corrected chi connectivity index (χ1v) is 9.57. The van der Waals surface area contributed by atoms with E-state index in [1.165, 1.54) is 19.3 Å². The van der Waals surface area contributed by atoms with E-state index in [9.17, 15) is 17.6 Å².